The maximum Gasteiger partial charge on any atom is 0.240 e. The van der Waals surface area contributed by atoms with Crippen LogP contribution in [0.5, 0.6) is 5.75 Å². The lowest BCUT2D eigenvalue weighted by atomic mass is 10.0. The predicted molar refractivity (Wildman–Crippen MR) is 124 cm³/mol. The van der Waals surface area contributed by atoms with E-state index in [1.165, 1.54) is 5.56 Å². The van der Waals surface area contributed by atoms with Crippen molar-refractivity contribution in [3.05, 3.63) is 102 Å². The molecule has 0 bridgehead atoms. The van der Waals surface area contributed by atoms with E-state index in [0.29, 0.717) is 19.6 Å². The maximum absolute atomic E-state index is 13.1. The Bertz CT molecular complexity index is 936. The minimum atomic E-state index is -0.213. The normalized spacial score (nSPS) is 14.4. The average molecular weight is 415 g/mol. The molecule has 160 valence electrons. The Morgan fingerprint density at radius 2 is 1.42 bits per heavy atom. The lowest BCUT2D eigenvalue weighted by Gasteiger charge is -2.24. The topological polar surface area (TPSA) is 41.6 Å². The van der Waals surface area contributed by atoms with Crippen LogP contribution in [0.3, 0.4) is 0 Å². The molecule has 4 nitrogen and oxygen atoms in total. The third-order valence-corrected chi connectivity index (χ3v) is 5.72. The number of benzene rings is 3. The van der Waals surface area contributed by atoms with Gasteiger partial charge in [-0.1, -0.05) is 72.8 Å². The Morgan fingerprint density at radius 1 is 0.806 bits per heavy atom. The number of amides is 1. The number of carbonyl (C=O) groups excluding carboxylic acids is 1. The zero-order valence-corrected chi connectivity index (χ0v) is 17.9. The van der Waals surface area contributed by atoms with E-state index in [9.17, 15) is 4.79 Å². The second-order valence-electron chi connectivity index (χ2n) is 8.07. The first kappa shape index (κ1) is 21.1. The Hall–Kier alpha value is -3.11. The van der Waals surface area contributed by atoms with Crippen molar-refractivity contribution in [3.63, 3.8) is 0 Å². The Kier molecular flexibility index (Phi) is 7.35. The van der Waals surface area contributed by atoms with Crippen molar-refractivity contribution >= 4 is 5.91 Å². The van der Waals surface area contributed by atoms with Gasteiger partial charge < -0.3 is 15.0 Å². The highest BCUT2D eigenvalue weighted by Crippen LogP contribution is 2.16. The number of hydrogen-bond acceptors (Lipinski definition) is 3. The lowest BCUT2D eigenvalue weighted by Crippen LogP contribution is -2.46. The third kappa shape index (κ3) is 6.19. The second-order valence-corrected chi connectivity index (χ2v) is 8.07. The van der Waals surface area contributed by atoms with Crippen molar-refractivity contribution in [2.75, 3.05) is 13.1 Å². The number of carbonyl (C=O) groups is 1. The van der Waals surface area contributed by atoms with Crippen LogP contribution in [-0.2, 0) is 24.4 Å². The molecule has 1 saturated heterocycles. The lowest BCUT2D eigenvalue weighted by molar-refractivity contribution is -0.132. The van der Waals surface area contributed by atoms with E-state index in [4.69, 9.17) is 4.74 Å². The molecule has 3 aromatic carbocycles. The summed E-state index contributed by atoms with van der Waals surface area (Å²) in [6.07, 6.45) is 2.91. The molecule has 0 spiro atoms. The van der Waals surface area contributed by atoms with Crippen molar-refractivity contribution in [2.45, 2.75) is 38.5 Å². The van der Waals surface area contributed by atoms with E-state index in [0.717, 1.165) is 42.8 Å². The number of nitrogens with zero attached hydrogens (tertiary/aromatic N) is 1. The molecule has 1 atom stereocenters. The fourth-order valence-corrected chi connectivity index (χ4v) is 3.94. The van der Waals surface area contributed by atoms with E-state index < -0.39 is 0 Å². The third-order valence-electron chi connectivity index (χ3n) is 5.72. The summed E-state index contributed by atoms with van der Waals surface area (Å²) in [6, 6.07) is 28.3. The van der Waals surface area contributed by atoms with E-state index in [-0.39, 0.29) is 11.9 Å². The van der Waals surface area contributed by atoms with Crippen LogP contribution in [0.15, 0.2) is 84.9 Å². The first-order valence-corrected chi connectivity index (χ1v) is 11.1. The summed E-state index contributed by atoms with van der Waals surface area (Å²) in [7, 11) is 0. The molecule has 0 aromatic heterocycles. The molecule has 0 aliphatic carbocycles. The first-order valence-electron chi connectivity index (χ1n) is 11.1. The largest absolute Gasteiger partial charge is 0.489 e. The number of nitrogens with one attached hydrogen (secondary N) is 1. The molecule has 1 heterocycles. The zero-order valence-electron chi connectivity index (χ0n) is 17.9. The van der Waals surface area contributed by atoms with Gasteiger partial charge >= 0.3 is 0 Å². The van der Waals surface area contributed by atoms with Gasteiger partial charge in [0.25, 0.3) is 0 Å². The molecule has 0 radical (unpaired) electrons. The van der Waals surface area contributed by atoms with Crippen molar-refractivity contribution in [1.82, 2.24) is 10.2 Å². The summed E-state index contributed by atoms with van der Waals surface area (Å²) in [4.78, 5) is 15.1. The van der Waals surface area contributed by atoms with Crippen LogP contribution >= 0.6 is 0 Å². The summed E-state index contributed by atoms with van der Waals surface area (Å²) < 4.78 is 5.88. The van der Waals surface area contributed by atoms with Gasteiger partial charge in [-0.3, -0.25) is 4.79 Å². The summed E-state index contributed by atoms with van der Waals surface area (Å²) in [6.45, 7) is 2.95. The van der Waals surface area contributed by atoms with E-state index >= 15 is 0 Å². The molecule has 4 heteroatoms. The summed E-state index contributed by atoms with van der Waals surface area (Å²) in [5.74, 6) is 1.06. The molecule has 1 N–H and O–H groups in total. The predicted octanol–water partition coefficient (Wildman–Crippen LogP) is 4.59. The Balaban J connectivity index is 1.35. The number of likely N-dealkylation sites (tertiary alicyclic amines) is 1. The van der Waals surface area contributed by atoms with Crippen LogP contribution in [0, 0.1) is 0 Å². The van der Waals surface area contributed by atoms with Gasteiger partial charge in [0.05, 0.1) is 6.04 Å². The van der Waals surface area contributed by atoms with Crippen molar-refractivity contribution in [3.8, 4) is 5.75 Å². The molecule has 3 aromatic rings. The smallest absolute Gasteiger partial charge is 0.240 e. The summed E-state index contributed by atoms with van der Waals surface area (Å²) >= 11 is 0. The molecule has 1 aliphatic heterocycles. The minimum Gasteiger partial charge on any atom is -0.489 e. The Morgan fingerprint density at radius 3 is 2.06 bits per heavy atom. The molecular formula is C27H30N2O2. The van der Waals surface area contributed by atoms with Crippen LogP contribution in [0.2, 0.25) is 0 Å². The fourth-order valence-electron chi connectivity index (χ4n) is 3.94. The average Bonchev–Trinajstić information content (AvgIpc) is 3.37. The van der Waals surface area contributed by atoms with Crippen LogP contribution in [-0.4, -0.2) is 29.9 Å². The van der Waals surface area contributed by atoms with Gasteiger partial charge in [0.2, 0.25) is 5.91 Å². The molecule has 1 unspecified atom stereocenters. The van der Waals surface area contributed by atoms with E-state index in [1.807, 2.05) is 53.4 Å². The van der Waals surface area contributed by atoms with Gasteiger partial charge in [0, 0.05) is 19.6 Å². The first-order chi connectivity index (χ1) is 15.3. The summed E-state index contributed by atoms with van der Waals surface area (Å²) in [5, 5.41) is 3.51. The highest BCUT2D eigenvalue weighted by atomic mass is 16.5. The zero-order chi connectivity index (χ0) is 21.3. The van der Waals surface area contributed by atoms with Crippen LogP contribution in [0.4, 0.5) is 0 Å². The van der Waals surface area contributed by atoms with Crippen LogP contribution in [0.25, 0.3) is 0 Å². The van der Waals surface area contributed by atoms with Gasteiger partial charge in [-0.05, 0) is 48.1 Å². The van der Waals surface area contributed by atoms with Gasteiger partial charge in [-0.2, -0.15) is 0 Å². The van der Waals surface area contributed by atoms with Crippen LogP contribution in [0.1, 0.15) is 29.5 Å². The SMILES string of the molecule is O=C(C(Cc1ccccc1)NCc1ccc(OCc2ccccc2)cc1)N1CCCC1. The Labute approximate surface area is 184 Å². The van der Waals surface area contributed by atoms with Gasteiger partial charge in [0.1, 0.15) is 12.4 Å². The molecule has 1 aliphatic rings. The van der Waals surface area contributed by atoms with Crippen molar-refractivity contribution in [1.29, 1.82) is 0 Å². The van der Waals surface area contributed by atoms with Gasteiger partial charge in [-0.25, -0.2) is 0 Å². The minimum absolute atomic E-state index is 0.212. The quantitative estimate of drug-likeness (QED) is 0.557. The molecule has 31 heavy (non-hydrogen) atoms. The molecule has 1 amide bonds. The summed E-state index contributed by atoms with van der Waals surface area (Å²) in [5.41, 5.74) is 3.47. The van der Waals surface area contributed by atoms with E-state index in [1.54, 1.807) is 0 Å². The van der Waals surface area contributed by atoms with Crippen LogP contribution < -0.4 is 10.1 Å². The molecule has 4 rings (SSSR count). The molecule has 0 saturated carbocycles. The van der Waals surface area contributed by atoms with Gasteiger partial charge in [-0.15, -0.1) is 0 Å². The standard InChI is InChI=1S/C27H30N2O2/c30-27(29-17-7-8-18-29)26(19-22-9-3-1-4-10-22)28-20-23-13-15-25(16-14-23)31-21-24-11-5-2-6-12-24/h1-6,9-16,26,28H,7-8,17-21H2. The fraction of sp³-hybridized carbons (Fsp3) is 0.296. The van der Waals surface area contributed by atoms with Crippen molar-refractivity contribution in [2.24, 2.45) is 0 Å². The molecule has 1 fully saturated rings. The van der Waals surface area contributed by atoms with E-state index in [2.05, 4.69) is 41.7 Å². The molecular weight excluding hydrogens is 384 g/mol. The number of hydrogen-bond donors (Lipinski definition) is 1. The second kappa shape index (κ2) is 10.8. The van der Waals surface area contributed by atoms with Crippen molar-refractivity contribution < 1.29 is 9.53 Å². The highest BCUT2D eigenvalue weighted by Gasteiger charge is 2.26. The highest BCUT2D eigenvalue weighted by molar-refractivity contribution is 5.82. The monoisotopic (exact) mass is 414 g/mol. The number of ether oxygens (including phenoxy) is 1. The maximum atomic E-state index is 13.1. The van der Waals surface area contributed by atoms with Gasteiger partial charge in [0.15, 0.2) is 0 Å². The number of rotatable bonds is 9.